The van der Waals surface area contributed by atoms with Crippen LogP contribution in [0.1, 0.15) is 23.2 Å². The van der Waals surface area contributed by atoms with Gasteiger partial charge in [-0.05, 0) is 64.9 Å². The number of para-hydroxylation sites is 1. The summed E-state index contributed by atoms with van der Waals surface area (Å²) in [5, 5.41) is 7.16. The Morgan fingerprint density at radius 2 is 1.28 bits per heavy atom. The SMILES string of the molecule is C1=C\c2ccc(-c3ccc(-c4nc(-c5ccccc5)nc5ccccc45)cc3)cc2CC\C=C/1c1cccc2c3ccccc3nn12. The lowest BCUT2D eigenvalue weighted by atomic mass is 9.93. The second-order valence-corrected chi connectivity index (χ2v) is 12.0. The zero-order valence-corrected chi connectivity index (χ0v) is 25.7. The third-order valence-electron chi connectivity index (χ3n) is 9.14. The standard InChI is InChI=1S/C43H30N4/c1-2-10-33(11-3-1)43-44-38-16-6-5-15-37(38)42(45-43)32-25-21-30(22-26-32)35-27-23-29-20-24-31(12-8-13-34(29)28-35)40-18-9-19-41-36-14-4-7-17-39(36)46-47(40)41/h1-7,9-12,14-28H,8,13H2/b24-20-,31-12+. The van der Waals surface area contributed by atoms with Crippen molar-refractivity contribution in [2.45, 2.75) is 12.8 Å². The highest BCUT2D eigenvalue weighted by Gasteiger charge is 2.14. The highest BCUT2D eigenvalue weighted by molar-refractivity contribution is 5.96. The summed E-state index contributed by atoms with van der Waals surface area (Å²) in [7, 11) is 0. The van der Waals surface area contributed by atoms with Crippen LogP contribution in [0.5, 0.6) is 0 Å². The van der Waals surface area contributed by atoms with E-state index in [9.17, 15) is 0 Å². The first-order chi connectivity index (χ1) is 23.3. The molecule has 3 heterocycles. The molecule has 0 N–H and O–H groups in total. The van der Waals surface area contributed by atoms with Gasteiger partial charge in [0.15, 0.2) is 5.82 Å². The molecule has 0 saturated heterocycles. The van der Waals surface area contributed by atoms with Gasteiger partial charge in [0.25, 0.3) is 0 Å². The Labute approximate surface area is 273 Å². The largest absolute Gasteiger partial charge is 0.232 e. The Balaban J connectivity index is 1.02. The van der Waals surface area contributed by atoms with E-state index in [0.29, 0.717) is 0 Å². The normalized spacial score (nSPS) is 14.8. The highest BCUT2D eigenvalue weighted by atomic mass is 15.2. The van der Waals surface area contributed by atoms with Crippen LogP contribution in [0, 0.1) is 0 Å². The molecule has 9 rings (SSSR count). The molecule has 1 aliphatic rings. The minimum atomic E-state index is 0.741. The van der Waals surface area contributed by atoms with Crippen LogP contribution in [0.15, 0.2) is 152 Å². The number of rotatable bonds is 4. The molecule has 0 radical (unpaired) electrons. The van der Waals surface area contributed by atoms with E-state index in [0.717, 1.165) is 63.1 Å². The van der Waals surface area contributed by atoms with Gasteiger partial charge < -0.3 is 0 Å². The van der Waals surface area contributed by atoms with Gasteiger partial charge in [0, 0.05) is 21.9 Å². The second kappa shape index (κ2) is 11.3. The molecule has 0 spiro atoms. The molecule has 1 aliphatic carbocycles. The number of aromatic nitrogens is 4. The van der Waals surface area contributed by atoms with Crippen LogP contribution in [-0.2, 0) is 6.42 Å². The van der Waals surface area contributed by atoms with Gasteiger partial charge in [0.2, 0.25) is 0 Å². The van der Waals surface area contributed by atoms with Gasteiger partial charge >= 0.3 is 0 Å². The van der Waals surface area contributed by atoms with E-state index in [1.165, 1.54) is 33.2 Å². The smallest absolute Gasteiger partial charge is 0.160 e. The third kappa shape index (κ3) is 4.91. The average molecular weight is 603 g/mol. The van der Waals surface area contributed by atoms with Crippen molar-refractivity contribution in [3.8, 4) is 33.8 Å². The van der Waals surface area contributed by atoms with Crippen LogP contribution in [0.4, 0.5) is 0 Å². The monoisotopic (exact) mass is 602 g/mol. The maximum atomic E-state index is 5.05. The maximum Gasteiger partial charge on any atom is 0.160 e. The van der Waals surface area contributed by atoms with Crippen molar-refractivity contribution in [1.82, 2.24) is 19.6 Å². The summed E-state index contributed by atoms with van der Waals surface area (Å²) >= 11 is 0. The zero-order valence-electron chi connectivity index (χ0n) is 25.7. The summed E-state index contributed by atoms with van der Waals surface area (Å²) in [4.78, 5) is 9.92. The Bertz CT molecular complexity index is 2500. The minimum absolute atomic E-state index is 0.741. The van der Waals surface area contributed by atoms with E-state index in [-0.39, 0.29) is 0 Å². The van der Waals surface area contributed by atoms with Crippen molar-refractivity contribution in [2.75, 3.05) is 0 Å². The van der Waals surface area contributed by atoms with Gasteiger partial charge in [-0.15, -0.1) is 0 Å². The van der Waals surface area contributed by atoms with E-state index < -0.39 is 0 Å². The Hall–Kier alpha value is -6.13. The lowest BCUT2D eigenvalue weighted by Crippen LogP contribution is -1.99. The number of allylic oxidation sites excluding steroid dienone is 3. The number of fused-ring (bicyclic) bond motifs is 5. The Kier molecular flexibility index (Phi) is 6.57. The van der Waals surface area contributed by atoms with E-state index in [1.54, 1.807) is 0 Å². The van der Waals surface area contributed by atoms with E-state index >= 15 is 0 Å². The predicted molar refractivity (Wildman–Crippen MR) is 194 cm³/mol. The van der Waals surface area contributed by atoms with Crippen molar-refractivity contribution in [1.29, 1.82) is 0 Å². The van der Waals surface area contributed by atoms with E-state index in [1.807, 2.05) is 30.3 Å². The molecule has 3 aromatic heterocycles. The fourth-order valence-electron chi connectivity index (χ4n) is 6.74. The number of benzene rings is 5. The summed E-state index contributed by atoms with van der Waals surface area (Å²) in [6.45, 7) is 0. The fraction of sp³-hybridized carbons (Fsp3) is 0.0465. The van der Waals surface area contributed by atoms with Gasteiger partial charge in [-0.3, -0.25) is 0 Å². The molecule has 8 aromatic rings. The molecule has 0 fully saturated rings. The van der Waals surface area contributed by atoms with Crippen LogP contribution in [0.25, 0.3) is 72.7 Å². The summed E-state index contributed by atoms with van der Waals surface area (Å²) in [6, 6.07) is 48.9. The molecule has 5 aromatic carbocycles. The molecule has 0 amide bonds. The van der Waals surface area contributed by atoms with Crippen LogP contribution < -0.4 is 0 Å². The average Bonchev–Trinajstić information content (AvgIpc) is 3.51. The molecule has 47 heavy (non-hydrogen) atoms. The molecule has 4 heteroatoms. The predicted octanol–water partition coefficient (Wildman–Crippen LogP) is 10.5. The quantitative estimate of drug-likeness (QED) is 0.201. The second-order valence-electron chi connectivity index (χ2n) is 12.0. The van der Waals surface area contributed by atoms with E-state index in [2.05, 4.69) is 132 Å². The third-order valence-corrected chi connectivity index (χ3v) is 9.14. The van der Waals surface area contributed by atoms with Crippen molar-refractivity contribution >= 4 is 39.0 Å². The number of aryl methyl sites for hydroxylation is 1. The fourth-order valence-corrected chi connectivity index (χ4v) is 6.74. The van der Waals surface area contributed by atoms with Crippen LogP contribution >= 0.6 is 0 Å². The van der Waals surface area contributed by atoms with E-state index in [4.69, 9.17) is 15.1 Å². The highest BCUT2D eigenvalue weighted by Crippen LogP contribution is 2.33. The molecule has 0 saturated carbocycles. The molecule has 4 nitrogen and oxygen atoms in total. The molecule has 0 unspecified atom stereocenters. The molecular weight excluding hydrogens is 573 g/mol. The minimum Gasteiger partial charge on any atom is -0.232 e. The van der Waals surface area contributed by atoms with Crippen molar-refractivity contribution in [3.05, 3.63) is 168 Å². The summed E-state index contributed by atoms with van der Waals surface area (Å²) in [5.41, 5.74) is 13.5. The van der Waals surface area contributed by atoms with Crippen molar-refractivity contribution in [2.24, 2.45) is 0 Å². The first-order valence-corrected chi connectivity index (χ1v) is 16.1. The number of hydrogen-bond acceptors (Lipinski definition) is 3. The summed E-state index contributed by atoms with van der Waals surface area (Å²) in [5.74, 6) is 0.741. The molecule has 222 valence electrons. The number of hydrogen-bond donors (Lipinski definition) is 0. The van der Waals surface area contributed by atoms with Gasteiger partial charge in [-0.25, -0.2) is 14.5 Å². The van der Waals surface area contributed by atoms with Gasteiger partial charge in [0.05, 0.1) is 27.9 Å². The van der Waals surface area contributed by atoms with Crippen LogP contribution in [0.2, 0.25) is 0 Å². The van der Waals surface area contributed by atoms with Gasteiger partial charge in [-0.1, -0.05) is 133 Å². The van der Waals surface area contributed by atoms with Crippen LogP contribution in [-0.4, -0.2) is 19.6 Å². The van der Waals surface area contributed by atoms with Crippen LogP contribution in [0.3, 0.4) is 0 Å². The summed E-state index contributed by atoms with van der Waals surface area (Å²) < 4.78 is 2.09. The zero-order chi connectivity index (χ0) is 31.2. The maximum absolute atomic E-state index is 5.05. The lowest BCUT2D eigenvalue weighted by Gasteiger charge is -2.14. The van der Waals surface area contributed by atoms with Gasteiger partial charge in [-0.2, -0.15) is 5.10 Å². The molecule has 0 aliphatic heterocycles. The van der Waals surface area contributed by atoms with Crippen molar-refractivity contribution < 1.29 is 0 Å². The van der Waals surface area contributed by atoms with Crippen molar-refractivity contribution in [3.63, 3.8) is 0 Å². The number of nitrogens with zero attached hydrogens (tertiary/aromatic N) is 4. The summed E-state index contributed by atoms with van der Waals surface area (Å²) in [6.07, 6.45) is 8.76. The topological polar surface area (TPSA) is 43.1 Å². The molecular formula is C43H30N4. The Morgan fingerprint density at radius 1 is 0.532 bits per heavy atom. The first-order valence-electron chi connectivity index (χ1n) is 16.1. The first kappa shape index (κ1) is 27.2. The Morgan fingerprint density at radius 3 is 2.15 bits per heavy atom. The number of pyridine rings is 1. The molecule has 0 atom stereocenters. The molecule has 0 bridgehead atoms. The lowest BCUT2D eigenvalue weighted by molar-refractivity contribution is 0.954. The van der Waals surface area contributed by atoms with Gasteiger partial charge in [0.1, 0.15) is 0 Å².